The first-order valence-electron chi connectivity index (χ1n) is 6.97. The van der Waals surface area contributed by atoms with E-state index in [0.29, 0.717) is 11.6 Å². The van der Waals surface area contributed by atoms with Crippen molar-refractivity contribution in [2.45, 2.75) is 6.04 Å². The molecule has 1 unspecified atom stereocenters. The molecule has 2 nitrogen and oxygen atoms in total. The molecule has 21 heavy (non-hydrogen) atoms. The quantitative estimate of drug-likeness (QED) is 0.738. The fourth-order valence-electron chi connectivity index (χ4n) is 2.48. The molecule has 3 rings (SSSR count). The molecule has 1 atom stereocenters. The number of fused-ring (bicyclic) bond motifs is 1. The standard InChI is InChI=1S/C18H17ClN2/c19-16-6-3-7-17(11-16)21-18(12-20)15-9-8-13-4-1-2-5-14(13)10-15/h1-11,18,21H,12,20H2. The highest BCUT2D eigenvalue weighted by Gasteiger charge is 2.10. The molecule has 0 radical (unpaired) electrons. The van der Waals surface area contributed by atoms with E-state index < -0.39 is 0 Å². The number of anilines is 1. The fraction of sp³-hybridized carbons (Fsp3) is 0.111. The van der Waals surface area contributed by atoms with Gasteiger partial charge in [-0.15, -0.1) is 0 Å². The minimum absolute atomic E-state index is 0.0630. The average molecular weight is 297 g/mol. The van der Waals surface area contributed by atoms with Crippen LogP contribution in [0.2, 0.25) is 5.02 Å². The summed E-state index contributed by atoms with van der Waals surface area (Å²) >= 11 is 6.02. The van der Waals surface area contributed by atoms with Crippen molar-refractivity contribution >= 4 is 28.1 Å². The van der Waals surface area contributed by atoms with Crippen molar-refractivity contribution < 1.29 is 0 Å². The molecule has 0 aliphatic carbocycles. The van der Waals surface area contributed by atoms with E-state index in [1.165, 1.54) is 16.3 Å². The number of halogens is 1. The van der Waals surface area contributed by atoms with Crippen molar-refractivity contribution in [3.8, 4) is 0 Å². The predicted octanol–water partition coefficient (Wildman–Crippen LogP) is 4.61. The van der Waals surface area contributed by atoms with E-state index in [9.17, 15) is 0 Å². The summed E-state index contributed by atoms with van der Waals surface area (Å²) in [5.41, 5.74) is 8.09. The molecule has 0 fully saturated rings. The lowest BCUT2D eigenvalue weighted by molar-refractivity contribution is 0.791. The smallest absolute Gasteiger partial charge is 0.0636 e. The zero-order valence-electron chi connectivity index (χ0n) is 11.6. The Labute approximate surface area is 129 Å². The molecule has 3 N–H and O–H groups in total. The van der Waals surface area contributed by atoms with Gasteiger partial charge in [0.2, 0.25) is 0 Å². The van der Waals surface area contributed by atoms with Gasteiger partial charge in [-0.05, 0) is 40.6 Å². The molecular formula is C18H17ClN2. The Morgan fingerprint density at radius 1 is 0.905 bits per heavy atom. The first-order chi connectivity index (χ1) is 10.3. The second-order valence-corrected chi connectivity index (χ2v) is 5.49. The van der Waals surface area contributed by atoms with Crippen LogP contribution in [-0.2, 0) is 0 Å². The molecule has 3 aromatic rings. The molecule has 0 aliphatic rings. The maximum Gasteiger partial charge on any atom is 0.0636 e. The SMILES string of the molecule is NCC(Nc1cccc(Cl)c1)c1ccc2ccccc2c1. The van der Waals surface area contributed by atoms with Crippen molar-refractivity contribution in [3.05, 3.63) is 77.3 Å². The van der Waals surface area contributed by atoms with Crippen molar-refractivity contribution in [1.29, 1.82) is 0 Å². The highest BCUT2D eigenvalue weighted by molar-refractivity contribution is 6.30. The number of hydrogen-bond donors (Lipinski definition) is 2. The Hall–Kier alpha value is -2.03. The summed E-state index contributed by atoms with van der Waals surface area (Å²) in [6, 6.07) is 22.5. The number of nitrogens with one attached hydrogen (secondary N) is 1. The Balaban J connectivity index is 1.90. The van der Waals surface area contributed by atoms with Crippen molar-refractivity contribution in [1.82, 2.24) is 0 Å². The Kier molecular flexibility index (Phi) is 4.09. The molecule has 0 bridgehead atoms. The van der Waals surface area contributed by atoms with Crippen LogP contribution in [-0.4, -0.2) is 6.54 Å². The highest BCUT2D eigenvalue weighted by atomic mass is 35.5. The van der Waals surface area contributed by atoms with E-state index in [2.05, 4.69) is 35.6 Å². The summed E-state index contributed by atoms with van der Waals surface area (Å²) in [7, 11) is 0. The van der Waals surface area contributed by atoms with Crippen molar-refractivity contribution in [2.75, 3.05) is 11.9 Å². The van der Waals surface area contributed by atoms with Gasteiger partial charge in [-0.2, -0.15) is 0 Å². The zero-order chi connectivity index (χ0) is 14.7. The molecule has 0 amide bonds. The summed E-state index contributed by atoms with van der Waals surface area (Å²) < 4.78 is 0. The summed E-state index contributed by atoms with van der Waals surface area (Å²) in [5, 5.41) is 6.62. The van der Waals surface area contributed by atoms with Gasteiger partial charge in [0.1, 0.15) is 0 Å². The van der Waals surface area contributed by atoms with E-state index in [4.69, 9.17) is 17.3 Å². The summed E-state index contributed by atoms with van der Waals surface area (Å²) in [6.45, 7) is 0.519. The predicted molar refractivity (Wildman–Crippen MR) is 90.8 cm³/mol. The van der Waals surface area contributed by atoms with Gasteiger partial charge in [0.05, 0.1) is 6.04 Å². The van der Waals surface area contributed by atoms with Crippen LogP contribution >= 0.6 is 11.6 Å². The molecule has 0 spiro atoms. The summed E-state index contributed by atoms with van der Waals surface area (Å²) in [6.07, 6.45) is 0. The van der Waals surface area contributed by atoms with Crippen molar-refractivity contribution in [3.63, 3.8) is 0 Å². The van der Waals surface area contributed by atoms with Crippen LogP contribution in [0.5, 0.6) is 0 Å². The molecule has 3 heteroatoms. The molecule has 3 aromatic carbocycles. The third kappa shape index (κ3) is 3.18. The number of nitrogens with two attached hydrogens (primary N) is 1. The average Bonchev–Trinajstić information content (AvgIpc) is 2.52. The third-order valence-electron chi connectivity index (χ3n) is 3.58. The normalized spacial score (nSPS) is 12.3. The number of hydrogen-bond acceptors (Lipinski definition) is 2. The Morgan fingerprint density at radius 3 is 2.48 bits per heavy atom. The molecular weight excluding hydrogens is 280 g/mol. The second-order valence-electron chi connectivity index (χ2n) is 5.05. The van der Waals surface area contributed by atoms with E-state index in [1.54, 1.807) is 0 Å². The van der Waals surface area contributed by atoms with Crippen LogP contribution in [0.4, 0.5) is 5.69 Å². The van der Waals surface area contributed by atoms with Gasteiger partial charge >= 0.3 is 0 Å². The van der Waals surface area contributed by atoms with Gasteiger partial charge in [-0.1, -0.05) is 54.1 Å². The van der Waals surface area contributed by atoms with Gasteiger partial charge in [0.25, 0.3) is 0 Å². The zero-order valence-corrected chi connectivity index (χ0v) is 12.3. The van der Waals surface area contributed by atoms with Crippen molar-refractivity contribution in [2.24, 2.45) is 5.73 Å². The van der Waals surface area contributed by atoms with E-state index in [1.807, 2.05) is 36.4 Å². The lowest BCUT2D eigenvalue weighted by atomic mass is 10.0. The van der Waals surface area contributed by atoms with Gasteiger partial charge in [-0.3, -0.25) is 0 Å². The minimum Gasteiger partial charge on any atom is -0.377 e. The van der Waals surface area contributed by atoms with Gasteiger partial charge < -0.3 is 11.1 Å². The van der Waals surface area contributed by atoms with Crippen LogP contribution in [0, 0.1) is 0 Å². The van der Waals surface area contributed by atoms with Crippen LogP contribution in [0.25, 0.3) is 10.8 Å². The molecule has 0 heterocycles. The maximum atomic E-state index is 6.02. The van der Waals surface area contributed by atoms with Gasteiger partial charge in [0, 0.05) is 17.3 Å². The number of benzene rings is 3. The van der Waals surface area contributed by atoms with Crippen LogP contribution in [0.1, 0.15) is 11.6 Å². The Bertz CT molecular complexity index is 755. The summed E-state index contributed by atoms with van der Waals surface area (Å²) in [5.74, 6) is 0. The monoisotopic (exact) mass is 296 g/mol. The second kappa shape index (κ2) is 6.17. The molecule has 106 valence electrons. The lowest BCUT2D eigenvalue weighted by Crippen LogP contribution is -2.20. The largest absolute Gasteiger partial charge is 0.377 e. The lowest BCUT2D eigenvalue weighted by Gasteiger charge is -2.19. The van der Waals surface area contributed by atoms with Crippen LogP contribution < -0.4 is 11.1 Å². The van der Waals surface area contributed by atoms with Crippen LogP contribution in [0.3, 0.4) is 0 Å². The summed E-state index contributed by atoms with van der Waals surface area (Å²) in [4.78, 5) is 0. The maximum absolute atomic E-state index is 6.02. The first-order valence-corrected chi connectivity index (χ1v) is 7.35. The van der Waals surface area contributed by atoms with E-state index >= 15 is 0 Å². The molecule has 0 aliphatic heterocycles. The van der Waals surface area contributed by atoms with Gasteiger partial charge in [-0.25, -0.2) is 0 Å². The Morgan fingerprint density at radius 2 is 1.71 bits per heavy atom. The number of rotatable bonds is 4. The van der Waals surface area contributed by atoms with Crippen LogP contribution in [0.15, 0.2) is 66.7 Å². The first kappa shape index (κ1) is 13.9. The molecule has 0 aromatic heterocycles. The molecule has 0 saturated heterocycles. The molecule has 0 saturated carbocycles. The van der Waals surface area contributed by atoms with E-state index in [0.717, 1.165) is 5.69 Å². The highest BCUT2D eigenvalue weighted by Crippen LogP contribution is 2.24. The topological polar surface area (TPSA) is 38.0 Å². The third-order valence-corrected chi connectivity index (χ3v) is 3.81. The van der Waals surface area contributed by atoms with Gasteiger partial charge in [0.15, 0.2) is 0 Å². The van der Waals surface area contributed by atoms with E-state index in [-0.39, 0.29) is 6.04 Å². The minimum atomic E-state index is 0.0630. The fourth-order valence-corrected chi connectivity index (χ4v) is 2.67.